The first-order valence-corrected chi connectivity index (χ1v) is 3.67. The van der Waals surface area contributed by atoms with E-state index in [9.17, 15) is 0 Å². The molecular formula is C6H11ClO3. The zero-order chi connectivity index (χ0) is 7.40. The lowest BCUT2D eigenvalue weighted by molar-refractivity contribution is -0.299. The molecule has 1 aliphatic heterocycles. The van der Waals surface area contributed by atoms with E-state index in [-0.39, 0.29) is 11.7 Å². The van der Waals surface area contributed by atoms with Crippen LogP contribution in [0.15, 0.2) is 0 Å². The lowest BCUT2D eigenvalue weighted by atomic mass is 10.3. The highest BCUT2D eigenvalue weighted by Crippen LogP contribution is 2.12. The van der Waals surface area contributed by atoms with Gasteiger partial charge in [0, 0.05) is 11.8 Å². The minimum Gasteiger partial charge on any atom is -0.329 e. The Morgan fingerprint density at radius 2 is 2.10 bits per heavy atom. The van der Waals surface area contributed by atoms with Gasteiger partial charge in [-0.25, -0.2) is 0 Å². The maximum atomic E-state index is 5.71. The highest BCUT2D eigenvalue weighted by Gasteiger charge is 2.15. The molecule has 0 aromatic heterocycles. The lowest BCUT2D eigenvalue weighted by Crippen LogP contribution is -2.28. The summed E-state index contributed by atoms with van der Waals surface area (Å²) in [6, 6.07) is 0. The minimum absolute atomic E-state index is 0.0862. The smallest absolute Gasteiger partial charge is 0.164 e. The first-order chi connectivity index (χ1) is 4.79. The molecule has 1 heterocycles. The van der Waals surface area contributed by atoms with Gasteiger partial charge >= 0.3 is 0 Å². The highest BCUT2D eigenvalue weighted by atomic mass is 35.5. The van der Waals surface area contributed by atoms with Crippen LogP contribution in [0.2, 0.25) is 0 Å². The van der Waals surface area contributed by atoms with Gasteiger partial charge in [0.15, 0.2) is 19.9 Å². The van der Waals surface area contributed by atoms with Gasteiger partial charge in [-0.15, -0.1) is 11.6 Å². The lowest BCUT2D eigenvalue weighted by Gasteiger charge is -2.23. The van der Waals surface area contributed by atoms with E-state index in [1.807, 2.05) is 6.92 Å². The summed E-state index contributed by atoms with van der Waals surface area (Å²) in [6.45, 7) is 2.53. The second-order valence-corrected chi connectivity index (χ2v) is 2.96. The van der Waals surface area contributed by atoms with Crippen molar-refractivity contribution in [3.63, 3.8) is 0 Å². The molecule has 0 amide bonds. The molecule has 1 atom stereocenters. The molecule has 0 radical (unpaired) electrons. The van der Waals surface area contributed by atoms with Crippen molar-refractivity contribution in [3.8, 4) is 0 Å². The molecule has 1 saturated heterocycles. The zero-order valence-corrected chi connectivity index (χ0v) is 6.63. The van der Waals surface area contributed by atoms with Gasteiger partial charge < -0.3 is 14.2 Å². The van der Waals surface area contributed by atoms with Crippen LogP contribution in [0.3, 0.4) is 0 Å². The number of alkyl halides is 1. The SMILES string of the molecule is CC(Cl)CC1OCOCO1. The largest absolute Gasteiger partial charge is 0.329 e. The molecule has 1 unspecified atom stereocenters. The van der Waals surface area contributed by atoms with Crippen molar-refractivity contribution in [3.05, 3.63) is 0 Å². The molecule has 0 aliphatic carbocycles. The van der Waals surface area contributed by atoms with Crippen LogP contribution in [0.4, 0.5) is 0 Å². The Kier molecular flexibility index (Phi) is 3.42. The summed E-state index contributed by atoms with van der Waals surface area (Å²) in [5.74, 6) is 0. The number of ether oxygens (including phenoxy) is 3. The first-order valence-electron chi connectivity index (χ1n) is 3.24. The van der Waals surface area contributed by atoms with Crippen LogP contribution >= 0.6 is 11.6 Å². The standard InChI is InChI=1S/C6H11ClO3/c1-5(7)2-6-9-3-8-4-10-6/h5-6H,2-4H2,1H3. The van der Waals surface area contributed by atoms with E-state index >= 15 is 0 Å². The molecule has 0 aromatic carbocycles. The van der Waals surface area contributed by atoms with Crippen LogP contribution in [0, 0.1) is 0 Å². The molecule has 0 aromatic rings. The summed E-state index contributed by atoms with van der Waals surface area (Å²) in [6.07, 6.45) is 0.534. The first kappa shape index (κ1) is 8.27. The van der Waals surface area contributed by atoms with Gasteiger partial charge in [-0.05, 0) is 6.92 Å². The van der Waals surface area contributed by atoms with Crippen molar-refractivity contribution in [2.24, 2.45) is 0 Å². The second-order valence-electron chi connectivity index (χ2n) is 2.22. The maximum absolute atomic E-state index is 5.71. The fourth-order valence-electron chi connectivity index (χ4n) is 0.731. The van der Waals surface area contributed by atoms with E-state index < -0.39 is 0 Å². The van der Waals surface area contributed by atoms with E-state index in [0.717, 1.165) is 0 Å². The molecule has 0 spiro atoms. The van der Waals surface area contributed by atoms with Crippen LogP contribution in [0.25, 0.3) is 0 Å². The topological polar surface area (TPSA) is 27.7 Å². The second kappa shape index (κ2) is 4.13. The van der Waals surface area contributed by atoms with Crippen molar-refractivity contribution in [1.29, 1.82) is 0 Å². The number of halogens is 1. The summed E-state index contributed by atoms with van der Waals surface area (Å²) < 4.78 is 14.9. The molecular weight excluding hydrogens is 156 g/mol. The maximum Gasteiger partial charge on any atom is 0.164 e. The third-order valence-corrected chi connectivity index (χ3v) is 1.37. The van der Waals surface area contributed by atoms with Crippen molar-refractivity contribution < 1.29 is 14.2 Å². The van der Waals surface area contributed by atoms with Crippen molar-refractivity contribution >= 4 is 11.6 Å². The van der Waals surface area contributed by atoms with Crippen LogP contribution in [0.1, 0.15) is 13.3 Å². The molecule has 10 heavy (non-hydrogen) atoms. The third kappa shape index (κ3) is 2.84. The van der Waals surface area contributed by atoms with Crippen molar-refractivity contribution in [2.75, 3.05) is 13.6 Å². The molecule has 0 saturated carbocycles. The predicted molar refractivity (Wildman–Crippen MR) is 36.7 cm³/mol. The summed E-state index contributed by atoms with van der Waals surface area (Å²) in [4.78, 5) is 0. The Morgan fingerprint density at radius 1 is 1.50 bits per heavy atom. The van der Waals surface area contributed by atoms with Crippen molar-refractivity contribution in [2.45, 2.75) is 25.0 Å². The molecule has 60 valence electrons. The normalized spacial score (nSPS) is 24.6. The van der Waals surface area contributed by atoms with Gasteiger partial charge in [0.1, 0.15) is 0 Å². The molecule has 4 heteroatoms. The van der Waals surface area contributed by atoms with Crippen LogP contribution < -0.4 is 0 Å². The van der Waals surface area contributed by atoms with E-state index in [0.29, 0.717) is 20.0 Å². The fourth-order valence-corrected chi connectivity index (χ4v) is 0.877. The summed E-state index contributed by atoms with van der Waals surface area (Å²) >= 11 is 5.71. The number of hydrogen-bond donors (Lipinski definition) is 0. The van der Waals surface area contributed by atoms with Gasteiger partial charge in [-0.3, -0.25) is 0 Å². The van der Waals surface area contributed by atoms with Crippen LogP contribution in [0.5, 0.6) is 0 Å². The van der Waals surface area contributed by atoms with E-state index in [4.69, 9.17) is 25.8 Å². The Bertz CT molecular complexity index is 91.0. The summed E-state index contributed by atoms with van der Waals surface area (Å²) in [7, 11) is 0. The molecule has 1 rings (SSSR count). The molecule has 1 aliphatic rings. The van der Waals surface area contributed by atoms with Gasteiger partial charge in [-0.2, -0.15) is 0 Å². The Morgan fingerprint density at radius 3 is 2.60 bits per heavy atom. The molecule has 3 nitrogen and oxygen atoms in total. The van der Waals surface area contributed by atoms with E-state index in [2.05, 4.69) is 0 Å². The highest BCUT2D eigenvalue weighted by molar-refractivity contribution is 6.20. The van der Waals surface area contributed by atoms with E-state index in [1.165, 1.54) is 0 Å². The van der Waals surface area contributed by atoms with Gasteiger partial charge in [-0.1, -0.05) is 0 Å². The predicted octanol–water partition coefficient (Wildman–Crippen LogP) is 1.31. The van der Waals surface area contributed by atoms with E-state index in [1.54, 1.807) is 0 Å². The van der Waals surface area contributed by atoms with Gasteiger partial charge in [0.05, 0.1) is 0 Å². The Labute approximate surface area is 65.2 Å². The molecule has 0 bridgehead atoms. The monoisotopic (exact) mass is 166 g/mol. The quantitative estimate of drug-likeness (QED) is 0.579. The van der Waals surface area contributed by atoms with Crippen LogP contribution in [-0.4, -0.2) is 25.3 Å². The minimum atomic E-state index is -0.179. The van der Waals surface area contributed by atoms with Gasteiger partial charge in [0.2, 0.25) is 0 Å². The molecule has 1 fully saturated rings. The number of rotatable bonds is 2. The average Bonchev–Trinajstić information content (AvgIpc) is 1.88. The summed E-state index contributed by atoms with van der Waals surface area (Å²) in [5.41, 5.74) is 0. The van der Waals surface area contributed by atoms with Crippen LogP contribution in [-0.2, 0) is 14.2 Å². The Hall–Kier alpha value is 0.170. The van der Waals surface area contributed by atoms with Crippen molar-refractivity contribution in [1.82, 2.24) is 0 Å². The zero-order valence-electron chi connectivity index (χ0n) is 5.88. The average molecular weight is 167 g/mol. The Balaban J connectivity index is 2.13. The summed E-state index contributed by atoms with van der Waals surface area (Å²) in [5, 5.41) is 0.0862. The fraction of sp³-hybridized carbons (Fsp3) is 1.00. The molecule has 0 N–H and O–H groups in total. The van der Waals surface area contributed by atoms with Gasteiger partial charge in [0.25, 0.3) is 0 Å². The number of hydrogen-bond acceptors (Lipinski definition) is 3. The third-order valence-electron chi connectivity index (χ3n) is 1.19.